The maximum absolute atomic E-state index is 4.94. The molecule has 0 atom stereocenters. The second kappa shape index (κ2) is 23.0. The molecule has 1 heterocycles. The average Bonchev–Trinajstić information content (AvgIpc) is 2.43. The molecule has 0 N–H and O–H groups in total. The normalized spacial score (nSPS) is 12.5. The van der Waals surface area contributed by atoms with Crippen molar-refractivity contribution in [3.8, 4) is 0 Å². The second-order valence-corrected chi connectivity index (χ2v) is 2.17. The molecule has 68 valence electrons. The number of rotatable bonds is 1. The van der Waals surface area contributed by atoms with Crippen molar-refractivity contribution in [3.63, 3.8) is 0 Å². The molecule has 0 bridgehead atoms. The van der Waals surface area contributed by atoms with Crippen molar-refractivity contribution in [3.05, 3.63) is 6.92 Å². The molecule has 0 aliphatic carbocycles. The Hall–Kier alpha value is 1.78. The summed E-state index contributed by atoms with van der Waals surface area (Å²) in [6, 6.07) is 0. The summed E-state index contributed by atoms with van der Waals surface area (Å²) >= 11 is 0. The summed E-state index contributed by atoms with van der Waals surface area (Å²) in [6.07, 6.45) is 4.83. The standard InChI is InChI=1S/C4H8O.C4H9.ClH.2Mg.2H/c1-2-4-5-3-1;1-3-4-2;;;;;/h1-4H2;1,3-4H2,2H3;1H;;;;/q;-1;;2*+2;2*-1/p-1. The third kappa shape index (κ3) is 22.6. The van der Waals surface area contributed by atoms with Gasteiger partial charge in [-0.25, -0.2) is 0 Å². The fourth-order valence-corrected chi connectivity index (χ4v) is 0.510. The summed E-state index contributed by atoms with van der Waals surface area (Å²) < 4.78 is 4.94. The van der Waals surface area contributed by atoms with Crippen molar-refractivity contribution in [2.45, 2.75) is 32.6 Å². The van der Waals surface area contributed by atoms with E-state index in [0.717, 1.165) is 19.6 Å². The Morgan fingerprint density at radius 1 is 1.25 bits per heavy atom. The van der Waals surface area contributed by atoms with Gasteiger partial charge in [0.15, 0.2) is 0 Å². The topological polar surface area (TPSA) is 9.23 Å². The van der Waals surface area contributed by atoms with E-state index in [-0.39, 0.29) is 61.4 Å². The molecular weight excluding hydrogens is 196 g/mol. The average molecular weight is 215 g/mol. The number of ether oxygens (including phenoxy) is 1. The third-order valence-electron chi connectivity index (χ3n) is 1.18. The van der Waals surface area contributed by atoms with Crippen LogP contribution in [-0.2, 0) is 4.74 Å². The first-order valence-corrected chi connectivity index (χ1v) is 3.78. The maximum Gasteiger partial charge on any atom is 2.00 e. The van der Waals surface area contributed by atoms with Crippen LogP contribution < -0.4 is 12.4 Å². The zero-order valence-corrected chi connectivity index (χ0v) is 11.7. The molecule has 12 heavy (non-hydrogen) atoms. The number of halogens is 1. The van der Waals surface area contributed by atoms with Crippen molar-refractivity contribution in [1.82, 2.24) is 0 Å². The first kappa shape index (κ1) is 23.5. The van der Waals surface area contributed by atoms with Gasteiger partial charge in [0, 0.05) is 13.2 Å². The van der Waals surface area contributed by atoms with Gasteiger partial charge >= 0.3 is 46.1 Å². The van der Waals surface area contributed by atoms with Crippen LogP contribution in [0.25, 0.3) is 0 Å². The minimum absolute atomic E-state index is 0. The van der Waals surface area contributed by atoms with Gasteiger partial charge in [0.2, 0.25) is 0 Å². The van der Waals surface area contributed by atoms with E-state index in [1.165, 1.54) is 19.3 Å². The minimum Gasteiger partial charge on any atom is -1.00 e. The molecule has 1 aliphatic heterocycles. The Morgan fingerprint density at radius 2 is 1.58 bits per heavy atom. The van der Waals surface area contributed by atoms with Crippen LogP contribution in [0.15, 0.2) is 0 Å². The summed E-state index contributed by atoms with van der Waals surface area (Å²) in [7, 11) is 0. The molecule has 0 aromatic heterocycles. The van der Waals surface area contributed by atoms with Crippen LogP contribution in [0.1, 0.15) is 35.5 Å². The van der Waals surface area contributed by atoms with Crippen LogP contribution in [-0.4, -0.2) is 59.3 Å². The summed E-state index contributed by atoms with van der Waals surface area (Å²) in [5.41, 5.74) is 0. The van der Waals surface area contributed by atoms with E-state index in [1.54, 1.807) is 0 Å². The summed E-state index contributed by atoms with van der Waals surface area (Å²) in [5.74, 6) is 0. The van der Waals surface area contributed by atoms with Crippen molar-refractivity contribution in [2.24, 2.45) is 0 Å². The van der Waals surface area contributed by atoms with E-state index in [4.69, 9.17) is 4.74 Å². The third-order valence-corrected chi connectivity index (χ3v) is 1.18. The van der Waals surface area contributed by atoms with Crippen molar-refractivity contribution < 1.29 is 20.0 Å². The van der Waals surface area contributed by atoms with Gasteiger partial charge in [0.25, 0.3) is 0 Å². The molecule has 1 rings (SSSR count). The van der Waals surface area contributed by atoms with Gasteiger partial charge in [-0.15, -0.1) is 0 Å². The smallest absolute Gasteiger partial charge is 1.00 e. The molecule has 0 spiro atoms. The Kier molecular flexibility index (Phi) is 45.1. The number of hydrogen-bond donors (Lipinski definition) is 0. The van der Waals surface area contributed by atoms with Crippen LogP contribution >= 0.6 is 0 Å². The zero-order chi connectivity index (χ0) is 6.95. The van der Waals surface area contributed by atoms with Crippen molar-refractivity contribution in [1.29, 1.82) is 0 Å². The largest absolute Gasteiger partial charge is 2.00 e. The first-order chi connectivity index (χ1) is 4.41. The Bertz CT molecular complexity index is 51.0. The van der Waals surface area contributed by atoms with Crippen LogP contribution in [0.4, 0.5) is 0 Å². The van der Waals surface area contributed by atoms with Gasteiger partial charge < -0.3 is 26.9 Å². The quantitative estimate of drug-likeness (QED) is 0.398. The van der Waals surface area contributed by atoms with E-state index in [2.05, 4.69) is 13.8 Å². The predicted octanol–water partition coefficient (Wildman–Crippen LogP) is -1.12. The van der Waals surface area contributed by atoms with Gasteiger partial charge in [-0.05, 0) is 12.8 Å². The van der Waals surface area contributed by atoms with Gasteiger partial charge in [-0.3, -0.25) is 0 Å². The summed E-state index contributed by atoms with van der Waals surface area (Å²) in [4.78, 5) is 0. The van der Waals surface area contributed by atoms with Crippen LogP contribution in [0.3, 0.4) is 0 Å². The molecule has 4 heteroatoms. The summed E-state index contributed by atoms with van der Waals surface area (Å²) in [6.45, 7) is 7.72. The van der Waals surface area contributed by atoms with Crippen molar-refractivity contribution >= 4 is 46.1 Å². The van der Waals surface area contributed by atoms with Crippen LogP contribution in [0.5, 0.6) is 0 Å². The van der Waals surface area contributed by atoms with Crippen LogP contribution in [0.2, 0.25) is 0 Å². The van der Waals surface area contributed by atoms with Gasteiger partial charge in [-0.1, -0.05) is 13.3 Å². The molecule has 0 amide bonds. The molecule has 0 aromatic rings. The maximum atomic E-state index is 4.94. The van der Waals surface area contributed by atoms with E-state index < -0.39 is 0 Å². The number of unbranched alkanes of at least 4 members (excludes halogenated alkanes) is 1. The molecule has 0 unspecified atom stereocenters. The summed E-state index contributed by atoms with van der Waals surface area (Å²) in [5, 5.41) is 0. The fraction of sp³-hybridized carbons (Fsp3) is 0.875. The fourth-order valence-electron chi connectivity index (χ4n) is 0.510. The Labute approximate surface area is 118 Å². The molecular formula is C8H19ClMg2O. The predicted molar refractivity (Wildman–Crippen MR) is 54.1 cm³/mol. The molecule has 0 saturated carbocycles. The molecule has 0 aromatic carbocycles. The molecule has 1 saturated heterocycles. The van der Waals surface area contributed by atoms with E-state index in [9.17, 15) is 0 Å². The molecule has 1 nitrogen and oxygen atoms in total. The Balaban J connectivity index is -0.0000000171. The number of hydrogen-bond acceptors (Lipinski definition) is 1. The molecule has 1 fully saturated rings. The van der Waals surface area contributed by atoms with E-state index >= 15 is 0 Å². The van der Waals surface area contributed by atoms with Gasteiger partial charge in [-0.2, -0.15) is 6.42 Å². The second-order valence-electron chi connectivity index (χ2n) is 2.17. The van der Waals surface area contributed by atoms with Gasteiger partial charge in [0.05, 0.1) is 0 Å². The molecule has 1 aliphatic rings. The van der Waals surface area contributed by atoms with E-state index in [0.29, 0.717) is 0 Å². The van der Waals surface area contributed by atoms with Crippen LogP contribution in [0, 0.1) is 6.92 Å². The van der Waals surface area contributed by atoms with E-state index in [1.807, 2.05) is 0 Å². The van der Waals surface area contributed by atoms with Crippen molar-refractivity contribution in [2.75, 3.05) is 13.2 Å². The SMILES string of the molecule is C1CCOC1.[CH2-]CCC.[Cl-].[H-].[H-].[Mg+2].[Mg+2]. The zero-order valence-electron chi connectivity index (χ0n) is 10.2. The monoisotopic (exact) mass is 214 g/mol. The van der Waals surface area contributed by atoms with Gasteiger partial charge in [0.1, 0.15) is 0 Å². The Morgan fingerprint density at radius 3 is 1.67 bits per heavy atom. The first-order valence-electron chi connectivity index (χ1n) is 3.78. The molecule has 0 radical (unpaired) electrons. The minimum atomic E-state index is 0.